The number of aromatic nitrogens is 2. The molecule has 2 atom stereocenters. The summed E-state index contributed by atoms with van der Waals surface area (Å²) < 4.78 is 0. The lowest BCUT2D eigenvalue weighted by Crippen LogP contribution is -2.43. The van der Waals surface area contributed by atoms with E-state index < -0.39 is 0 Å². The molecule has 0 aliphatic carbocycles. The Morgan fingerprint density at radius 2 is 1.68 bits per heavy atom. The van der Waals surface area contributed by atoms with E-state index in [1.807, 2.05) is 19.3 Å². The van der Waals surface area contributed by atoms with E-state index >= 15 is 0 Å². The summed E-state index contributed by atoms with van der Waals surface area (Å²) in [4.78, 5) is 15.3. The molecule has 2 heterocycles. The average Bonchev–Trinajstić information content (AvgIpc) is 2.73. The van der Waals surface area contributed by atoms with Gasteiger partial charge in [0.15, 0.2) is 0 Å². The second-order valence-corrected chi connectivity index (χ2v) is 9.37. The molecule has 0 radical (unpaired) electrons. The van der Waals surface area contributed by atoms with Crippen molar-refractivity contribution in [3.8, 4) is 0 Å². The number of fused-ring (bicyclic) bond motifs is 1. The SMILES string of the molecule is CCC1CC(N(Cc2cc(C)cc(C)c2)c2ncc(C)cn2)c2cc(S)ccc2N1C. The summed E-state index contributed by atoms with van der Waals surface area (Å²) in [7, 11) is 2.21. The van der Waals surface area contributed by atoms with E-state index in [1.54, 1.807) is 0 Å². The Labute approximate surface area is 191 Å². The normalized spacial score (nSPS) is 18.1. The van der Waals surface area contributed by atoms with Gasteiger partial charge in [-0.25, -0.2) is 9.97 Å². The van der Waals surface area contributed by atoms with Crippen LogP contribution in [-0.2, 0) is 6.54 Å². The maximum atomic E-state index is 4.74. The van der Waals surface area contributed by atoms with Crippen LogP contribution in [0.25, 0.3) is 0 Å². The zero-order chi connectivity index (χ0) is 22.1. The smallest absolute Gasteiger partial charge is 0.226 e. The van der Waals surface area contributed by atoms with Gasteiger partial charge >= 0.3 is 0 Å². The quantitative estimate of drug-likeness (QED) is 0.497. The fourth-order valence-corrected chi connectivity index (χ4v) is 5.03. The van der Waals surface area contributed by atoms with Crippen LogP contribution in [0.15, 0.2) is 53.7 Å². The molecule has 3 aromatic rings. The van der Waals surface area contributed by atoms with Gasteiger partial charge in [-0.05, 0) is 68.5 Å². The van der Waals surface area contributed by atoms with Crippen molar-refractivity contribution >= 4 is 24.3 Å². The minimum atomic E-state index is 0.187. The number of anilines is 2. The van der Waals surface area contributed by atoms with Crippen molar-refractivity contribution in [1.29, 1.82) is 0 Å². The summed E-state index contributed by atoms with van der Waals surface area (Å²) >= 11 is 4.66. The third-order valence-corrected chi connectivity index (χ3v) is 6.58. The van der Waals surface area contributed by atoms with Gasteiger partial charge in [-0.3, -0.25) is 0 Å². The lowest BCUT2D eigenvalue weighted by molar-refractivity contribution is 0.447. The first-order chi connectivity index (χ1) is 14.9. The Bertz CT molecular complexity index is 1040. The summed E-state index contributed by atoms with van der Waals surface area (Å²) in [5.41, 5.74) is 7.51. The number of benzene rings is 2. The van der Waals surface area contributed by atoms with Crippen LogP contribution in [-0.4, -0.2) is 23.1 Å². The molecule has 4 rings (SSSR count). The molecule has 162 valence electrons. The Kier molecular flexibility index (Phi) is 6.24. The van der Waals surface area contributed by atoms with Gasteiger partial charge in [0.05, 0.1) is 6.04 Å². The van der Waals surface area contributed by atoms with Gasteiger partial charge in [-0.2, -0.15) is 0 Å². The lowest BCUT2D eigenvalue weighted by atomic mass is 9.89. The summed E-state index contributed by atoms with van der Waals surface area (Å²) in [5.74, 6) is 0.782. The highest BCUT2D eigenvalue weighted by atomic mass is 32.1. The highest BCUT2D eigenvalue weighted by molar-refractivity contribution is 7.80. The lowest BCUT2D eigenvalue weighted by Gasteiger charge is -2.44. The van der Waals surface area contributed by atoms with Crippen LogP contribution in [0, 0.1) is 20.8 Å². The Hall–Kier alpha value is -2.53. The van der Waals surface area contributed by atoms with Crippen molar-refractivity contribution in [3.05, 3.63) is 76.6 Å². The predicted octanol–water partition coefficient (Wildman–Crippen LogP) is 6.06. The van der Waals surface area contributed by atoms with E-state index in [-0.39, 0.29) is 6.04 Å². The first-order valence-electron chi connectivity index (χ1n) is 11.0. The highest BCUT2D eigenvalue weighted by Crippen LogP contribution is 2.43. The van der Waals surface area contributed by atoms with Gasteiger partial charge in [-0.15, -0.1) is 12.6 Å². The second-order valence-electron chi connectivity index (χ2n) is 8.85. The van der Waals surface area contributed by atoms with Crippen LogP contribution >= 0.6 is 12.6 Å². The second kappa shape index (κ2) is 8.91. The fraction of sp³-hybridized carbons (Fsp3) is 0.385. The molecule has 0 saturated heterocycles. The molecule has 0 bridgehead atoms. The largest absolute Gasteiger partial charge is 0.371 e. The van der Waals surface area contributed by atoms with Crippen LogP contribution in [0.3, 0.4) is 0 Å². The number of aryl methyl sites for hydroxylation is 3. The van der Waals surface area contributed by atoms with E-state index in [9.17, 15) is 0 Å². The van der Waals surface area contributed by atoms with Crippen LogP contribution < -0.4 is 9.80 Å². The van der Waals surface area contributed by atoms with Crippen molar-refractivity contribution in [3.63, 3.8) is 0 Å². The number of thiol groups is 1. The van der Waals surface area contributed by atoms with Gasteiger partial charge in [0, 0.05) is 42.6 Å². The molecule has 0 amide bonds. The molecule has 2 aromatic carbocycles. The molecule has 0 fully saturated rings. The number of rotatable bonds is 5. The zero-order valence-corrected chi connectivity index (χ0v) is 20.0. The highest BCUT2D eigenvalue weighted by Gasteiger charge is 2.34. The van der Waals surface area contributed by atoms with Crippen molar-refractivity contribution in [1.82, 2.24) is 9.97 Å². The topological polar surface area (TPSA) is 32.3 Å². The zero-order valence-electron chi connectivity index (χ0n) is 19.1. The minimum absolute atomic E-state index is 0.187. The van der Waals surface area contributed by atoms with Gasteiger partial charge in [0.25, 0.3) is 0 Å². The van der Waals surface area contributed by atoms with Crippen molar-refractivity contribution in [2.45, 2.75) is 64.1 Å². The number of hydrogen-bond donors (Lipinski definition) is 1. The molecular weight excluding hydrogens is 400 g/mol. The van der Waals surface area contributed by atoms with E-state index in [0.29, 0.717) is 6.04 Å². The van der Waals surface area contributed by atoms with Gasteiger partial charge in [0.2, 0.25) is 5.95 Å². The first-order valence-corrected chi connectivity index (χ1v) is 11.5. The minimum Gasteiger partial charge on any atom is -0.371 e. The molecule has 5 heteroatoms. The fourth-order valence-electron chi connectivity index (χ4n) is 4.82. The van der Waals surface area contributed by atoms with Gasteiger partial charge in [-0.1, -0.05) is 36.2 Å². The standard InChI is InChI=1S/C26H32N4S/c1-6-21-12-25(23-13-22(31)7-8-24(23)29(21)5)30(26-27-14-19(4)15-28-26)16-20-10-17(2)9-18(3)11-20/h7-11,13-15,21,25,31H,6,12,16H2,1-5H3. The summed E-state index contributed by atoms with van der Waals surface area (Å²) in [6, 6.07) is 13.9. The van der Waals surface area contributed by atoms with Crippen molar-refractivity contribution < 1.29 is 0 Å². The van der Waals surface area contributed by atoms with Gasteiger partial charge in [0.1, 0.15) is 0 Å². The molecule has 0 N–H and O–H groups in total. The predicted molar refractivity (Wildman–Crippen MR) is 132 cm³/mol. The number of hydrogen-bond acceptors (Lipinski definition) is 5. The van der Waals surface area contributed by atoms with Gasteiger partial charge < -0.3 is 9.80 Å². The van der Waals surface area contributed by atoms with Crippen molar-refractivity contribution in [2.75, 3.05) is 16.8 Å². The maximum Gasteiger partial charge on any atom is 0.226 e. The third-order valence-electron chi connectivity index (χ3n) is 6.30. The molecular formula is C26H32N4S. The molecule has 2 unspecified atom stereocenters. The first kappa shape index (κ1) is 21.7. The van der Waals surface area contributed by atoms with Crippen LogP contribution in [0.4, 0.5) is 11.6 Å². The maximum absolute atomic E-state index is 4.74. The summed E-state index contributed by atoms with van der Waals surface area (Å²) in [5, 5.41) is 0. The molecule has 1 aromatic heterocycles. The van der Waals surface area contributed by atoms with E-state index in [0.717, 1.165) is 35.8 Å². The molecule has 0 saturated carbocycles. The Morgan fingerprint density at radius 3 is 2.32 bits per heavy atom. The van der Waals surface area contributed by atoms with E-state index in [2.05, 4.69) is 86.6 Å². The summed E-state index contributed by atoms with van der Waals surface area (Å²) in [6.45, 7) is 9.39. The molecule has 0 spiro atoms. The molecule has 1 aliphatic heterocycles. The summed E-state index contributed by atoms with van der Waals surface area (Å²) in [6.07, 6.45) is 5.96. The average molecular weight is 433 g/mol. The molecule has 31 heavy (non-hydrogen) atoms. The number of nitrogens with zero attached hydrogens (tertiary/aromatic N) is 4. The van der Waals surface area contributed by atoms with Crippen LogP contribution in [0.2, 0.25) is 0 Å². The molecule has 1 aliphatic rings. The van der Waals surface area contributed by atoms with Crippen LogP contribution in [0.5, 0.6) is 0 Å². The molecule has 4 nitrogen and oxygen atoms in total. The Balaban J connectivity index is 1.83. The van der Waals surface area contributed by atoms with E-state index in [4.69, 9.17) is 9.97 Å². The Morgan fingerprint density at radius 1 is 1.00 bits per heavy atom. The third kappa shape index (κ3) is 4.57. The van der Waals surface area contributed by atoms with Crippen molar-refractivity contribution in [2.24, 2.45) is 0 Å². The monoisotopic (exact) mass is 432 g/mol. The van der Waals surface area contributed by atoms with Crippen LogP contribution in [0.1, 0.15) is 53.6 Å². The van der Waals surface area contributed by atoms with E-state index in [1.165, 1.54) is 27.9 Å².